The minimum Gasteiger partial charge on any atom is -0.467 e. The Morgan fingerprint density at radius 2 is 2.14 bits per heavy atom. The van der Waals surface area contributed by atoms with Gasteiger partial charge in [0.25, 0.3) is 5.91 Å². The number of nitrogens with one attached hydrogen (secondary N) is 1. The molecule has 5 heteroatoms. The maximum absolute atomic E-state index is 12.7. The summed E-state index contributed by atoms with van der Waals surface area (Å²) in [7, 11) is 1.37. The quantitative estimate of drug-likeness (QED) is 0.862. The lowest BCUT2D eigenvalue weighted by Gasteiger charge is -2.33. The van der Waals surface area contributed by atoms with Crippen molar-refractivity contribution in [2.75, 3.05) is 13.7 Å². The zero-order chi connectivity index (χ0) is 14.8. The van der Waals surface area contributed by atoms with Gasteiger partial charge in [-0.15, -0.1) is 0 Å². The van der Waals surface area contributed by atoms with Gasteiger partial charge in [-0.25, -0.2) is 4.79 Å². The van der Waals surface area contributed by atoms with Crippen molar-refractivity contribution in [1.82, 2.24) is 9.88 Å². The number of likely N-dealkylation sites (tertiary alicyclic amines) is 1. The third-order valence-corrected chi connectivity index (χ3v) is 4.04. The first-order chi connectivity index (χ1) is 10.2. The number of aromatic amines is 1. The van der Waals surface area contributed by atoms with Crippen molar-refractivity contribution >= 4 is 22.8 Å². The van der Waals surface area contributed by atoms with Crippen LogP contribution in [0.25, 0.3) is 10.9 Å². The summed E-state index contributed by atoms with van der Waals surface area (Å²) in [5.41, 5.74) is 1.60. The number of carbonyl (C=O) groups is 2. The topological polar surface area (TPSA) is 62.4 Å². The zero-order valence-electron chi connectivity index (χ0n) is 12.0. The number of carbonyl (C=O) groups excluding carboxylic acids is 2. The summed E-state index contributed by atoms with van der Waals surface area (Å²) in [4.78, 5) is 29.3. The predicted octanol–water partition coefficient (Wildman–Crippen LogP) is 2.34. The molecule has 110 valence electrons. The van der Waals surface area contributed by atoms with Gasteiger partial charge < -0.3 is 14.6 Å². The summed E-state index contributed by atoms with van der Waals surface area (Å²) >= 11 is 0. The Bertz CT molecular complexity index is 677. The molecule has 0 aliphatic carbocycles. The summed E-state index contributed by atoms with van der Waals surface area (Å²) in [6.45, 7) is 0.601. The van der Waals surface area contributed by atoms with Crippen LogP contribution in [-0.4, -0.2) is 41.5 Å². The number of benzene rings is 1. The SMILES string of the molecule is COC(=O)C1CCCCN1C(=O)c1ccc2[nH]ccc2c1. The molecule has 2 heterocycles. The molecule has 1 N–H and O–H groups in total. The van der Waals surface area contributed by atoms with Crippen LogP contribution in [0.2, 0.25) is 0 Å². The van der Waals surface area contributed by atoms with Crippen LogP contribution in [0.3, 0.4) is 0 Å². The number of aromatic nitrogens is 1. The number of ether oxygens (including phenoxy) is 1. The van der Waals surface area contributed by atoms with E-state index in [4.69, 9.17) is 4.74 Å². The minimum absolute atomic E-state index is 0.104. The molecule has 1 aliphatic heterocycles. The molecule has 0 spiro atoms. The smallest absolute Gasteiger partial charge is 0.328 e. The van der Waals surface area contributed by atoms with E-state index in [1.54, 1.807) is 11.0 Å². The number of rotatable bonds is 2. The molecule has 1 aromatic heterocycles. The van der Waals surface area contributed by atoms with Gasteiger partial charge in [0.2, 0.25) is 0 Å². The van der Waals surface area contributed by atoms with Crippen LogP contribution in [0.5, 0.6) is 0 Å². The lowest BCUT2D eigenvalue weighted by atomic mass is 10.0. The van der Waals surface area contributed by atoms with E-state index >= 15 is 0 Å². The van der Waals surface area contributed by atoms with Crippen LogP contribution >= 0.6 is 0 Å². The maximum atomic E-state index is 12.7. The number of amides is 1. The summed E-state index contributed by atoms with van der Waals surface area (Å²) < 4.78 is 4.83. The summed E-state index contributed by atoms with van der Waals surface area (Å²) in [6.07, 6.45) is 4.38. The second-order valence-corrected chi connectivity index (χ2v) is 5.31. The predicted molar refractivity (Wildman–Crippen MR) is 79.0 cm³/mol. The summed E-state index contributed by atoms with van der Waals surface area (Å²) in [5.74, 6) is -0.432. The average Bonchev–Trinajstić information content (AvgIpc) is 3.01. The van der Waals surface area contributed by atoms with Crippen LogP contribution in [0, 0.1) is 0 Å². The maximum Gasteiger partial charge on any atom is 0.328 e. The largest absolute Gasteiger partial charge is 0.467 e. The highest BCUT2D eigenvalue weighted by molar-refractivity contribution is 6.00. The van der Waals surface area contributed by atoms with Gasteiger partial charge in [-0.1, -0.05) is 0 Å². The van der Waals surface area contributed by atoms with Crippen molar-refractivity contribution in [2.45, 2.75) is 25.3 Å². The first-order valence-corrected chi connectivity index (χ1v) is 7.16. The molecule has 2 aromatic rings. The van der Waals surface area contributed by atoms with Gasteiger partial charge in [-0.05, 0) is 43.5 Å². The van der Waals surface area contributed by atoms with Crippen molar-refractivity contribution in [1.29, 1.82) is 0 Å². The van der Waals surface area contributed by atoms with E-state index in [-0.39, 0.29) is 11.9 Å². The molecule has 5 nitrogen and oxygen atoms in total. The second-order valence-electron chi connectivity index (χ2n) is 5.31. The van der Waals surface area contributed by atoms with E-state index in [0.29, 0.717) is 18.5 Å². The molecule has 1 saturated heterocycles. The van der Waals surface area contributed by atoms with Gasteiger partial charge in [0, 0.05) is 29.2 Å². The lowest BCUT2D eigenvalue weighted by Crippen LogP contribution is -2.48. The Hall–Kier alpha value is -2.30. The van der Waals surface area contributed by atoms with E-state index < -0.39 is 6.04 Å². The summed E-state index contributed by atoms with van der Waals surface area (Å²) in [6, 6.07) is 7.01. The number of methoxy groups -OCH3 is 1. The summed E-state index contributed by atoms with van der Waals surface area (Å²) in [5, 5.41) is 0.993. The van der Waals surface area contributed by atoms with Gasteiger partial charge in [0.05, 0.1) is 7.11 Å². The van der Waals surface area contributed by atoms with E-state index in [9.17, 15) is 9.59 Å². The molecule has 1 aliphatic rings. The van der Waals surface area contributed by atoms with Gasteiger partial charge in [0.1, 0.15) is 6.04 Å². The number of piperidine rings is 1. The first-order valence-electron chi connectivity index (χ1n) is 7.16. The molecule has 1 fully saturated rings. The first kappa shape index (κ1) is 13.7. The Kier molecular flexibility index (Phi) is 3.64. The Morgan fingerprint density at radius 3 is 2.95 bits per heavy atom. The van der Waals surface area contributed by atoms with E-state index in [1.165, 1.54) is 7.11 Å². The number of nitrogens with zero attached hydrogens (tertiary/aromatic N) is 1. The van der Waals surface area contributed by atoms with Crippen LogP contribution < -0.4 is 0 Å². The highest BCUT2D eigenvalue weighted by Crippen LogP contribution is 2.22. The van der Waals surface area contributed by atoms with E-state index in [0.717, 1.165) is 23.7 Å². The van der Waals surface area contributed by atoms with Gasteiger partial charge >= 0.3 is 5.97 Å². The Morgan fingerprint density at radius 1 is 1.29 bits per heavy atom. The normalized spacial score (nSPS) is 18.7. The van der Waals surface area contributed by atoms with Crippen molar-refractivity contribution in [2.24, 2.45) is 0 Å². The van der Waals surface area contributed by atoms with Crippen molar-refractivity contribution in [3.05, 3.63) is 36.0 Å². The molecular formula is C16H18N2O3. The monoisotopic (exact) mass is 286 g/mol. The third-order valence-electron chi connectivity index (χ3n) is 4.04. The molecule has 1 amide bonds. The third kappa shape index (κ3) is 2.51. The van der Waals surface area contributed by atoms with Gasteiger partial charge in [-0.3, -0.25) is 4.79 Å². The molecule has 3 rings (SSSR count). The van der Waals surface area contributed by atoms with Gasteiger partial charge in [-0.2, -0.15) is 0 Å². The van der Waals surface area contributed by atoms with Crippen LogP contribution in [0.4, 0.5) is 0 Å². The number of hydrogen-bond acceptors (Lipinski definition) is 3. The fraction of sp³-hybridized carbons (Fsp3) is 0.375. The highest BCUT2D eigenvalue weighted by atomic mass is 16.5. The minimum atomic E-state index is -0.460. The van der Waals surface area contributed by atoms with Gasteiger partial charge in [0.15, 0.2) is 0 Å². The molecule has 1 atom stereocenters. The molecular weight excluding hydrogens is 268 g/mol. The van der Waals surface area contributed by atoms with E-state index in [1.807, 2.05) is 24.4 Å². The Balaban J connectivity index is 1.89. The molecule has 1 unspecified atom stereocenters. The van der Waals surface area contributed by atoms with Crippen LogP contribution in [0.15, 0.2) is 30.5 Å². The molecule has 0 saturated carbocycles. The molecule has 21 heavy (non-hydrogen) atoms. The molecule has 0 radical (unpaired) electrons. The van der Waals surface area contributed by atoms with E-state index in [2.05, 4.69) is 4.98 Å². The fourth-order valence-corrected chi connectivity index (χ4v) is 2.91. The average molecular weight is 286 g/mol. The van der Waals surface area contributed by atoms with Crippen LogP contribution in [-0.2, 0) is 9.53 Å². The van der Waals surface area contributed by atoms with Crippen molar-refractivity contribution < 1.29 is 14.3 Å². The molecule has 0 bridgehead atoms. The zero-order valence-corrected chi connectivity index (χ0v) is 12.0. The standard InChI is InChI=1S/C16H18N2O3/c1-21-16(20)14-4-2-3-9-18(14)15(19)12-5-6-13-11(10-12)7-8-17-13/h5-8,10,14,17H,2-4,9H2,1H3. The molecule has 1 aromatic carbocycles. The lowest BCUT2D eigenvalue weighted by molar-refractivity contribution is -0.147. The highest BCUT2D eigenvalue weighted by Gasteiger charge is 2.33. The number of fused-ring (bicyclic) bond motifs is 1. The number of H-pyrrole nitrogens is 1. The number of hydrogen-bond donors (Lipinski definition) is 1. The number of esters is 1. The van der Waals surface area contributed by atoms with Crippen molar-refractivity contribution in [3.8, 4) is 0 Å². The Labute approximate surface area is 122 Å². The van der Waals surface area contributed by atoms with Crippen LogP contribution in [0.1, 0.15) is 29.6 Å². The second kappa shape index (κ2) is 5.60. The van der Waals surface area contributed by atoms with Crippen molar-refractivity contribution in [3.63, 3.8) is 0 Å². The fourth-order valence-electron chi connectivity index (χ4n) is 2.91.